The zero-order valence-corrected chi connectivity index (χ0v) is 15.5. The van der Waals surface area contributed by atoms with Crippen molar-refractivity contribution in [1.29, 1.82) is 0 Å². The SMILES string of the molecule is Nc1ncn(-c2c(Cl)cc(C(F)F)cc2Cl)c(=O)c1C(=O)Nc1ccccc1. The van der Waals surface area contributed by atoms with Crippen molar-refractivity contribution in [2.45, 2.75) is 6.43 Å². The van der Waals surface area contributed by atoms with Crippen LogP contribution in [-0.2, 0) is 0 Å². The monoisotopic (exact) mass is 424 g/mol. The molecule has 0 aliphatic rings. The van der Waals surface area contributed by atoms with Crippen LogP contribution in [0.25, 0.3) is 5.69 Å². The first-order valence-corrected chi connectivity index (χ1v) is 8.56. The number of benzene rings is 2. The summed E-state index contributed by atoms with van der Waals surface area (Å²) in [5.41, 5.74) is 4.38. The minimum absolute atomic E-state index is 0.0843. The molecule has 0 atom stereocenters. The highest BCUT2D eigenvalue weighted by molar-refractivity contribution is 6.37. The lowest BCUT2D eigenvalue weighted by Gasteiger charge is -2.14. The molecule has 0 aliphatic carbocycles. The highest BCUT2D eigenvalue weighted by Gasteiger charge is 2.22. The highest BCUT2D eigenvalue weighted by Crippen LogP contribution is 2.33. The van der Waals surface area contributed by atoms with Gasteiger partial charge in [-0.15, -0.1) is 0 Å². The number of nitrogens with zero attached hydrogens (tertiary/aromatic N) is 2. The molecule has 6 nitrogen and oxygen atoms in total. The van der Waals surface area contributed by atoms with Crippen molar-refractivity contribution in [2.24, 2.45) is 0 Å². The second-order valence-corrected chi connectivity index (χ2v) is 6.45. The molecule has 0 saturated heterocycles. The molecule has 1 amide bonds. The number of amides is 1. The second-order valence-electron chi connectivity index (χ2n) is 5.63. The van der Waals surface area contributed by atoms with Crippen molar-refractivity contribution < 1.29 is 13.6 Å². The summed E-state index contributed by atoms with van der Waals surface area (Å²) < 4.78 is 26.7. The molecule has 0 saturated carbocycles. The average molecular weight is 425 g/mol. The molecular weight excluding hydrogens is 413 g/mol. The van der Waals surface area contributed by atoms with Crippen molar-refractivity contribution in [3.63, 3.8) is 0 Å². The number of nitrogen functional groups attached to an aromatic ring is 1. The quantitative estimate of drug-likeness (QED) is 0.652. The number of alkyl halides is 2. The first kappa shape index (κ1) is 19.8. The number of para-hydroxylation sites is 1. The van der Waals surface area contributed by atoms with E-state index in [1.165, 1.54) is 0 Å². The fourth-order valence-corrected chi connectivity index (χ4v) is 3.18. The molecular formula is C18H12Cl2F2N4O2. The van der Waals surface area contributed by atoms with Crippen LogP contribution in [0.1, 0.15) is 22.3 Å². The van der Waals surface area contributed by atoms with Gasteiger partial charge in [-0.05, 0) is 24.3 Å². The van der Waals surface area contributed by atoms with E-state index in [2.05, 4.69) is 10.3 Å². The third-order valence-corrected chi connectivity index (χ3v) is 4.37. The molecule has 0 spiro atoms. The van der Waals surface area contributed by atoms with Crippen LogP contribution in [0.2, 0.25) is 10.0 Å². The van der Waals surface area contributed by atoms with Crippen LogP contribution in [0.15, 0.2) is 53.6 Å². The molecule has 3 N–H and O–H groups in total. The van der Waals surface area contributed by atoms with Gasteiger partial charge in [0, 0.05) is 11.3 Å². The van der Waals surface area contributed by atoms with E-state index in [9.17, 15) is 18.4 Å². The largest absolute Gasteiger partial charge is 0.383 e. The molecule has 0 aliphatic heterocycles. The Morgan fingerprint density at radius 2 is 1.75 bits per heavy atom. The van der Waals surface area contributed by atoms with E-state index in [0.717, 1.165) is 23.0 Å². The zero-order chi connectivity index (χ0) is 20.4. The number of anilines is 2. The van der Waals surface area contributed by atoms with E-state index in [0.29, 0.717) is 5.69 Å². The van der Waals surface area contributed by atoms with Crippen LogP contribution in [0.4, 0.5) is 20.3 Å². The lowest BCUT2D eigenvalue weighted by atomic mass is 10.2. The Morgan fingerprint density at radius 3 is 2.32 bits per heavy atom. The predicted octanol–water partition coefficient (Wildman–Crippen LogP) is 4.31. The smallest absolute Gasteiger partial charge is 0.273 e. The van der Waals surface area contributed by atoms with Gasteiger partial charge in [-0.1, -0.05) is 41.4 Å². The van der Waals surface area contributed by atoms with Gasteiger partial charge >= 0.3 is 0 Å². The topological polar surface area (TPSA) is 90.0 Å². The van der Waals surface area contributed by atoms with Gasteiger partial charge in [-0.2, -0.15) is 0 Å². The Balaban J connectivity index is 2.10. The molecule has 0 unspecified atom stereocenters. The third kappa shape index (κ3) is 3.83. The number of rotatable bonds is 4. The number of aromatic nitrogens is 2. The summed E-state index contributed by atoms with van der Waals surface area (Å²) in [6.45, 7) is 0. The second kappa shape index (κ2) is 7.95. The minimum atomic E-state index is -2.79. The summed E-state index contributed by atoms with van der Waals surface area (Å²) in [4.78, 5) is 29.2. The fourth-order valence-electron chi connectivity index (χ4n) is 2.50. The van der Waals surface area contributed by atoms with Gasteiger partial charge in [0.2, 0.25) is 0 Å². The van der Waals surface area contributed by atoms with Gasteiger partial charge in [-0.3, -0.25) is 14.2 Å². The molecule has 3 rings (SSSR count). The number of nitrogens with one attached hydrogen (secondary N) is 1. The van der Waals surface area contributed by atoms with Crippen molar-refractivity contribution in [1.82, 2.24) is 9.55 Å². The Hall–Kier alpha value is -2.97. The Kier molecular flexibility index (Phi) is 5.62. The van der Waals surface area contributed by atoms with Crippen LogP contribution < -0.4 is 16.6 Å². The molecule has 2 aromatic carbocycles. The molecule has 28 heavy (non-hydrogen) atoms. The molecule has 1 aromatic heterocycles. The van der Waals surface area contributed by atoms with E-state index in [1.807, 2.05) is 0 Å². The summed E-state index contributed by atoms with van der Waals surface area (Å²) in [6, 6.07) is 10.4. The van der Waals surface area contributed by atoms with Gasteiger partial charge < -0.3 is 11.1 Å². The number of nitrogens with two attached hydrogens (primary N) is 1. The van der Waals surface area contributed by atoms with Crippen LogP contribution in [0.5, 0.6) is 0 Å². The van der Waals surface area contributed by atoms with E-state index < -0.39 is 29.0 Å². The molecule has 3 aromatic rings. The maximum atomic E-state index is 12.9. The summed E-state index contributed by atoms with van der Waals surface area (Å²) in [6.07, 6.45) is -1.77. The lowest BCUT2D eigenvalue weighted by molar-refractivity contribution is 0.102. The summed E-state index contributed by atoms with van der Waals surface area (Å²) in [5.74, 6) is -1.09. The third-order valence-electron chi connectivity index (χ3n) is 3.79. The van der Waals surface area contributed by atoms with Crippen molar-refractivity contribution in [3.05, 3.63) is 80.3 Å². The number of hydrogen-bond acceptors (Lipinski definition) is 4. The summed E-state index contributed by atoms with van der Waals surface area (Å²) in [5, 5.41) is 2.13. The molecule has 144 valence electrons. The molecule has 1 heterocycles. The first-order valence-electron chi connectivity index (χ1n) is 7.80. The summed E-state index contributed by atoms with van der Waals surface area (Å²) >= 11 is 12.1. The Morgan fingerprint density at radius 1 is 1.14 bits per heavy atom. The van der Waals surface area contributed by atoms with Gasteiger partial charge in [0.1, 0.15) is 17.7 Å². The molecule has 0 fully saturated rings. The van der Waals surface area contributed by atoms with Gasteiger partial charge in [0.15, 0.2) is 0 Å². The standard InChI is InChI=1S/C18H12Cl2F2N4O2/c19-11-6-9(15(21)22)7-12(20)14(11)26-8-24-16(23)13(18(26)28)17(27)25-10-4-2-1-3-5-10/h1-8,15H,23H2,(H,25,27). The number of carbonyl (C=O) groups is 1. The van der Waals surface area contributed by atoms with Crippen molar-refractivity contribution >= 4 is 40.6 Å². The van der Waals surface area contributed by atoms with Crippen LogP contribution in [0, 0.1) is 0 Å². The number of halogens is 4. The predicted molar refractivity (Wildman–Crippen MR) is 104 cm³/mol. The van der Waals surface area contributed by atoms with Gasteiger partial charge in [0.25, 0.3) is 17.9 Å². The zero-order valence-electron chi connectivity index (χ0n) is 14.0. The van der Waals surface area contributed by atoms with Crippen LogP contribution in [-0.4, -0.2) is 15.5 Å². The fraction of sp³-hybridized carbons (Fsp3) is 0.0556. The molecule has 0 bridgehead atoms. The molecule has 10 heteroatoms. The average Bonchev–Trinajstić information content (AvgIpc) is 2.63. The molecule has 0 radical (unpaired) electrons. The highest BCUT2D eigenvalue weighted by atomic mass is 35.5. The van der Waals surface area contributed by atoms with Gasteiger partial charge in [0.05, 0.1) is 15.7 Å². The van der Waals surface area contributed by atoms with Gasteiger partial charge in [-0.25, -0.2) is 13.8 Å². The van der Waals surface area contributed by atoms with Crippen LogP contribution >= 0.6 is 23.2 Å². The maximum absolute atomic E-state index is 12.9. The Bertz CT molecular complexity index is 1080. The number of carbonyl (C=O) groups excluding carboxylic acids is 1. The van der Waals surface area contributed by atoms with Crippen molar-refractivity contribution in [2.75, 3.05) is 11.1 Å². The Labute approximate surface area is 167 Å². The van der Waals surface area contributed by atoms with Crippen molar-refractivity contribution in [3.8, 4) is 5.69 Å². The van der Waals surface area contributed by atoms with E-state index >= 15 is 0 Å². The summed E-state index contributed by atoms with van der Waals surface area (Å²) in [7, 11) is 0. The van der Waals surface area contributed by atoms with E-state index in [4.69, 9.17) is 28.9 Å². The minimum Gasteiger partial charge on any atom is -0.383 e. The van der Waals surface area contributed by atoms with E-state index in [-0.39, 0.29) is 21.6 Å². The normalized spacial score (nSPS) is 10.9. The van der Waals surface area contributed by atoms with E-state index in [1.54, 1.807) is 30.3 Å². The van der Waals surface area contributed by atoms with Crippen LogP contribution in [0.3, 0.4) is 0 Å². The lowest BCUT2D eigenvalue weighted by Crippen LogP contribution is -2.31. The first-order chi connectivity index (χ1) is 13.3. The number of hydrogen-bond donors (Lipinski definition) is 2. The maximum Gasteiger partial charge on any atom is 0.273 e.